The van der Waals surface area contributed by atoms with Crippen LogP contribution in [0.1, 0.15) is 26.7 Å². The Labute approximate surface area is 113 Å². The molecule has 4 unspecified atom stereocenters. The van der Waals surface area contributed by atoms with Gasteiger partial charge in [0.25, 0.3) is 0 Å². The number of rotatable bonds is 2. The van der Waals surface area contributed by atoms with Crippen LogP contribution in [0.4, 0.5) is 0 Å². The van der Waals surface area contributed by atoms with Gasteiger partial charge in [-0.05, 0) is 36.8 Å². The molecular formula is C14H20ClNS. The molecule has 0 aliphatic heterocycles. The Morgan fingerprint density at radius 3 is 2.59 bits per heavy atom. The molecule has 1 saturated carbocycles. The van der Waals surface area contributed by atoms with Crippen LogP contribution >= 0.6 is 23.4 Å². The van der Waals surface area contributed by atoms with Gasteiger partial charge in [-0.15, -0.1) is 11.8 Å². The summed E-state index contributed by atoms with van der Waals surface area (Å²) in [5.74, 6) is 1.41. The van der Waals surface area contributed by atoms with Crippen molar-refractivity contribution in [2.45, 2.75) is 42.9 Å². The smallest absolute Gasteiger partial charge is 0.0541 e. The van der Waals surface area contributed by atoms with Crippen LogP contribution in [0.2, 0.25) is 5.02 Å². The van der Waals surface area contributed by atoms with Crippen molar-refractivity contribution < 1.29 is 0 Å². The Morgan fingerprint density at radius 1 is 1.24 bits per heavy atom. The number of hydrogen-bond acceptors (Lipinski definition) is 2. The first-order valence-corrected chi connectivity index (χ1v) is 7.50. The Balaban J connectivity index is 2.10. The van der Waals surface area contributed by atoms with Crippen LogP contribution in [-0.2, 0) is 0 Å². The maximum Gasteiger partial charge on any atom is 0.0541 e. The zero-order valence-corrected chi connectivity index (χ0v) is 12.0. The fourth-order valence-corrected chi connectivity index (χ4v) is 4.31. The molecule has 1 aliphatic carbocycles. The summed E-state index contributed by atoms with van der Waals surface area (Å²) >= 11 is 8.06. The Hall–Kier alpha value is -0.180. The molecule has 1 fully saturated rings. The van der Waals surface area contributed by atoms with Gasteiger partial charge in [0.1, 0.15) is 0 Å². The van der Waals surface area contributed by atoms with Crippen molar-refractivity contribution in [1.29, 1.82) is 0 Å². The standard InChI is InChI=1S/C14H20ClNS/c1-9-7-10(2)14(12(16)8-9)17-13-6-4-3-5-11(13)15/h3-6,9-10,12,14H,7-8,16H2,1-2H3. The summed E-state index contributed by atoms with van der Waals surface area (Å²) in [7, 11) is 0. The van der Waals surface area contributed by atoms with Crippen LogP contribution in [0, 0.1) is 11.8 Å². The molecule has 2 rings (SSSR count). The third kappa shape index (κ3) is 3.18. The van der Waals surface area contributed by atoms with Crippen molar-refractivity contribution >= 4 is 23.4 Å². The van der Waals surface area contributed by atoms with Gasteiger partial charge in [0.05, 0.1) is 5.02 Å². The van der Waals surface area contributed by atoms with E-state index in [1.165, 1.54) is 6.42 Å². The zero-order valence-electron chi connectivity index (χ0n) is 10.4. The summed E-state index contributed by atoms with van der Waals surface area (Å²) in [5, 5.41) is 1.33. The first-order valence-electron chi connectivity index (χ1n) is 6.24. The highest BCUT2D eigenvalue weighted by molar-refractivity contribution is 8.00. The summed E-state index contributed by atoms with van der Waals surface area (Å²) in [5.41, 5.74) is 6.29. The van der Waals surface area contributed by atoms with Gasteiger partial charge in [-0.25, -0.2) is 0 Å². The first kappa shape index (κ1) is 13.3. The summed E-state index contributed by atoms with van der Waals surface area (Å²) in [6.07, 6.45) is 2.41. The maximum absolute atomic E-state index is 6.29. The second-order valence-electron chi connectivity index (χ2n) is 5.23. The highest BCUT2D eigenvalue weighted by atomic mass is 35.5. The van der Waals surface area contributed by atoms with Crippen molar-refractivity contribution in [3.63, 3.8) is 0 Å². The number of nitrogens with two attached hydrogens (primary N) is 1. The third-order valence-corrected chi connectivity index (χ3v) is 5.67. The summed E-state index contributed by atoms with van der Waals surface area (Å²) in [6, 6.07) is 8.33. The molecule has 0 spiro atoms. The lowest BCUT2D eigenvalue weighted by molar-refractivity contribution is 0.279. The molecule has 1 aromatic carbocycles. The largest absolute Gasteiger partial charge is 0.327 e. The van der Waals surface area contributed by atoms with Gasteiger partial charge in [0, 0.05) is 16.2 Å². The number of hydrogen-bond donors (Lipinski definition) is 1. The number of thioether (sulfide) groups is 1. The Morgan fingerprint density at radius 2 is 1.94 bits per heavy atom. The topological polar surface area (TPSA) is 26.0 Å². The van der Waals surface area contributed by atoms with Crippen LogP contribution < -0.4 is 5.73 Å². The fourth-order valence-electron chi connectivity index (χ4n) is 2.78. The van der Waals surface area contributed by atoms with Crippen LogP contribution in [0.3, 0.4) is 0 Å². The normalized spacial score (nSPS) is 33.6. The minimum absolute atomic E-state index is 0.287. The minimum atomic E-state index is 0.287. The average Bonchev–Trinajstić information content (AvgIpc) is 2.25. The number of benzene rings is 1. The molecule has 2 N–H and O–H groups in total. The molecule has 0 aromatic heterocycles. The molecule has 1 nitrogen and oxygen atoms in total. The lowest BCUT2D eigenvalue weighted by atomic mass is 9.80. The van der Waals surface area contributed by atoms with Gasteiger partial charge in [0.2, 0.25) is 0 Å². The van der Waals surface area contributed by atoms with Gasteiger partial charge in [-0.2, -0.15) is 0 Å². The van der Waals surface area contributed by atoms with Crippen molar-refractivity contribution in [2.75, 3.05) is 0 Å². The van der Waals surface area contributed by atoms with Gasteiger partial charge < -0.3 is 5.73 Å². The molecule has 94 valence electrons. The van der Waals surface area contributed by atoms with Gasteiger partial charge >= 0.3 is 0 Å². The monoisotopic (exact) mass is 269 g/mol. The van der Waals surface area contributed by atoms with Crippen LogP contribution in [0.15, 0.2) is 29.2 Å². The molecular weight excluding hydrogens is 250 g/mol. The highest BCUT2D eigenvalue weighted by Gasteiger charge is 2.32. The van der Waals surface area contributed by atoms with E-state index in [2.05, 4.69) is 19.9 Å². The van der Waals surface area contributed by atoms with E-state index in [1.54, 1.807) is 0 Å². The van der Waals surface area contributed by atoms with Crippen LogP contribution in [-0.4, -0.2) is 11.3 Å². The van der Waals surface area contributed by atoms with E-state index in [1.807, 2.05) is 30.0 Å². The first-order chi connectivity index (χ1) is 8.08. The van der Waals surface area contributed by atoms with Gasteiger partial charge in [0.15, 0.2) is 0 Å². The van der Waals surface area contributed by atoms with Crippen LogP contribution in [0.5, 0.6) is 0 Å². The molecule has 0 amide bonds. The minimum Gasteiger partial charge on any atom is -0.327 e. The summed E-state index contributed by atoms with van der Waals surface area (Å²) in [4.78, 5) is 1.16. The Bertz CT molecular complexity index is 370. The van der Waals surface area contributed by atoms with E-state index < -0.39 is 0 Å². The molecule has 0 heterocycles. The predicted molar refractivity (Wildman–Crippen MR) is 76.6 cm³/mol. The lowest BCUT2D eigenvalue weighted by Gasteiger charge is -2.37. The van der Waals surface area contributed by atoms with E-state index in [4.69, 9.17) is 17.3 Å². The third-order valence-electron chi connectivity index (χ3n) is 3.53. The molecule has 17 heavy (non-hydrogen) atoms. The van der Waals surface area contributed by atoms with E-state index in [0.29, 0.717) is 11.2 Å². The molecule has 1 aromatic rings. The highest BCUT2D eigenvalue weighted by Crippen LogP contribution is 2.40. The van der Waals surface area contributed by atoms with E-state index in [0.717, 1.165) is 22.3 Å². The van der Waals surface area contributed by atoms with Crippen molar-refractivity contribution in [3.05, 3.63) is 29.3 Å². The van der Waals surface area contributed by atoms with Crippen molar-refractivity contribution in [3.8, 4) is 0 Å². The molecule has 4 atom stereocenters. The molecule has 0 radical (unpaired) electrons. The molecule has 0 bridgehead atoms. The zero-order chi connectivity index (χ0) is 12.4. The molecule has 0 saturated heterocycles. The van der Waals surface area contributed by atoms with Crippen molar-refractivity contribution in [2.24, 2.45) is 17.6 Å². The number of halogens is 1. The second-order valence-corrected chi connectivity index (χ2v) is 6.86. The summed E-state index contributed by atoms with van der Waals surface area (Å²) in [6.45, 7) is 4.61. The SMILES string of the molecule is CC1CC(C)C(Sc2ccccc2Cl)C(N)C1. The van der Waals surface area contributed by atoms with E-state index >= 15 is 0 Å². The van der Waals surface area contributed by atoms with Crippen LogP contribution in [0.25, 0.3) is 0 Å². The fraction of sp³-hybridized carbons (Fsp3) is 0.571. The van der Waals surface area contributed by atoms with Crippen molar-refractivity contribution in [1.82, 2.24) is 0 Å². The lowest BCUT2D eigenvalue weighted by Crippen LogP contribution is -2.42. The second kappa shape index (κ2) is 5.64. The maximum atomic E-state index is 6.29. The average molecular weight is 270 g/mol. The van der Waals surface area contributed by atoms with Gasteiger partial charge in [-0.3, -0.25) is 0 Å². The quantitative estimate of drug-likeness (QED) is 0.871. The Kier molecular flexibility index (Phi) is 4.40. The summed E-state index contributed by atoms with van der Waals surface area (Å²) < 4.78 is 0. The van der Waals surface area contributed by atoms with E-state index in [-0.39, 0.29) is 6.04 Å². The molecule has 1 aliphatic rings. The molecule has 3 heteroatoms. The van der Waals surface area contributed by atoms with Gasteiger partial charge in [-0.1, -0.05) is 37.6 Å². The van der Waals surface area contributed by atoms with E-state index in [9.17, 15) is 0 Å². The predicted octanol–water partition coefficient (Wildman–Crippen LogP) is 4.19.